The largest absolute Gasteiger partial charge is 0.364 e. The fourth-order valence-electron chi connectivity index (χ4n) is 5.20. The monoisotopic (exact) mass is 455 g/mol. The Morgan fingerprint density at radius 1 is 1.18 bits per heavy atom. The molecule has 1 aliphatic heterocycles. The van der Waals surface area contributed by atoms with Crippen LogP contribution in [-0.2, 0) is 6.54 Å². The second-order valence-electron chi connectivity index (χ2n) is 10.1. The van der Waals surface area contributed by atoms with Crippen LogP contribution >= 0.6 is 0 Å². The fraction of sp³-hybridized carbons (Fsp3) is 0.407. The molecule has 7 nitrogen and oxygen atoms in total. The lowest BCUT2D eigenvalue weighted by atomic mass is 9.88. The normalized spacial score (nSPS) is 21.0. The lowest BCUT2D eigenvalue weighted by molar-refractivity contribution is 0.0995. The summed E-state index contributed by atoms with van der Waals surface area (Å²) in [6.45, 7) is 4.77. The molecule has 1 atom stereocenters. The average molecular weight is 456 g/mol. The SMILES string of the molecule is CC1CN(Cc2cnc3cc(C4CC4)c(=O)[nH]c3c2)CC=C1c1ccc(C(N)=O)nc1C1CC1. The van der Waals surface area contributed by atoms with Gasteiger partial charge in [0.05, 0.1) is 16.7 Å². The zero-order valence-corrected chi connectivity index (χ0v) is 19.4. The maximum atomic E-state index is 12.4. The van der Waals surface area contributed by atoms with Crippen molar-refractivity contribution in [3.8, 4) is 0 Å². The van der Waals surface area contributed by atoms with Crippen LogP contribution in [0.15, 0.2) is 41.3 Å². The van der Waals surface area contributed by atoms with Crippen molar-refractivity contribution in [3.05, 3.63) is 75.0 Å². The summed E-state index contributed by atoms with van der Waals surface area (Å²) >= 11 is 0. The first-order chi connectivity index (χ1) is 16.5. The highest BCUT2D eigenvalue weighted by Gasteiger charge is 2.31. The van der Waals surface area contributed by atoms with Gasteiger partial charge < -0.3 is 10.7 Å². The van der Waals surface area contributed by atoms with Crippen LogP contribution in [0.5, 0.6) is 0 Å². The number of pyridine rings is 3. The maximum Gasteiger partial charge on any atom is 0.267 e. The minimum absolute atomic E-state index is 0.0237. The number of H-pyrrole nitrogens is 1. The van der Waals surface area contributed by atoms with Gasteiger partial charge in [-0.05, 0) is 72.4 Å². The van der Waals surface area contributed by atoms with E-state index in [1.807, 2.05) is 18.3 Å². The van der Waals surface area contributed by atoms with Crippen LogP contribution in [-0.4, -0.2) is 38.8 Å². The molecule has 0 bridgehead atoms. The molecule has 174 valence electrons. The maximum absolute atomic E-state index is 12.4. The van der Waals surface area contributed by atoms with Crippen LogP contribution in [0.3, 0.4) is 0 Å². The highest BCUT2D eigenvalue weighted by atomic mass is 16.1. The highest BCUT2D eigenvalue weighted by molar-refractivity contribution is 5.91. The third-order valence-electron chi connectivity index (χ3n) is 7.29. The zero-order chi connectivity index (χ0) is 23.4. The second kappa shape index (κ2) is 8.17. The molecule has 1 unspecified atom stereocenters. The van der Waals surface area contributed by atoms with E-state index in [-0.39, 0.29) is 5.56 Å². The Morgan fingerprint density at radius 2 is 1.97 bits per heavy atom. The number of hydrogen-bond acceptors (Lipinski definition) is 5. The molecular formula is C27H29N5O2. The minimum atomic E-state index is -0.473. The number of amides is 1. The number of nitrogens with zero attached hydrogens (tertiary/aromatic N) is 3. The molecule has 34 heavy (non-hydrogen) atoms. The van der Waals surface area contributed by atoms with Gasteiger partial charge in [-0.3, -0.25) is 19.5 Å². The van der Waals surface area contributed by atoms with E-state index in [1.165, 1.54) is 5.57 Å². The molecule has 6 rings (SSSR count). The van der Waals surface area contributed by atoms with Crippen molar-refractivity contribution >= 4 is 22.5 Å². The standard InChI is InChI=1S/C27H29N5O2/c1-15-13-32(9-8-19(15)20-6-7-22(26(28)33)30-25(20)18-4-5-18)14-16-10-24-23(29-12-16)11-21(17-2-3-17)27(34)31-24/h6-8,10-12,15,17-18H,2-5,9,13-14H2,1H3,(H2,28,33)(H,31,34). The molecule has 0 saturated heterocycles. The molecule has 1 amide bonds. The summed E-state index contributed by atoms with van der Waals surface area (Å²) in [4.78, 5) is 38.8. The molecule has 0 aromatic carbocycles. The fourth-order valence-corrected chi connectivity index (χ4v) is 5.20. The summed E-state index contributed by atoms with van der Waals surface area (Å²) in [5.41, 5.74) is 13.0. The Balaban J connectivity index is 1.22. The van der Waals surface area contributed by atoms with E-state index in [4.69, 9.17) is 5.73 Å². The molecular weight excluding hydrogens is 426 g/mol. The van der Waals surface area contributed by atoms with Crippen molar-refractivity contribution in [2.75, 3.05) is 13.1 Å². The predicted molar refractivity (Wildman–Crippen MR) is 131 cm³/mol. The Kier molecular flexibility index (Phi) is 5.10. The lowest BCUT2D eigenvalue weighted by Gasteiger charge is -2.32. The third-order valence-corrected chi connectivity index (χ3v) is 7.29. The number of rotatable bonds is 6. The van der Waals surface area contributed by atoms with E-state index in [1.54, 1.807) is 6.07 Å². The predicted octanol–water partition coefficient (Wildman–Crippen LogP) is 3.71. The smallest absolute Gasteiger partial charge is 0.267 e. The quantitative estimate of drug-likeness (QED) is 0.590. The van der Waals surface area contributed by atoms with Crippen LogP contribution < -0.4 is 11.3 Å². The van der Waals surface area contributed by atoms with Gasteiger partial charge in [0, 0.05) is 37.3 Å². The number of hydrogen-bond donors (Lipinski definition) is 2. The Bertz CT molecular complexity index is 1380. The summed E-state index contributed by atoms with van der Waals surface area (Å²) in [6, 6.07) is 7.79. The van der Waals surface area contributed by atoms with E-state index in [9.17, 15) is 9.59 Å². The van der Waals surface area contributed by atoms with E-state index in [2.05, 4.69) is 38.9 Å². The third kappa shape index (κ3) is 4.05. The van der Waals surface area contributed by atoms with E-state index in [0.29, 0.717) is 23.4 Å². The van der Waals surface area contributed by atoms with Crippen LogP contribution in [0.2, 0.25) is 0 Å². The van der Waals surface area contributed by atoms with E-state index >= 15 is 0 Å². The van der Waals surface area contributed by atoms with Gasteiger partial charge in [-0.15, -0.1) is 0 Å². The number of fused-ring (bicyclic) bond motifs is 1. The van der Waals surface area contributed by atoms with Crippen LogP contribution in [0, 0.1) is 5.92 Å². The summed E-state index contributed by atoms with van der Waals surface area (Å²) in [6.07, 6.45) is 8.66. The van der Waals surface area contributed by atoms with Crippen molar-refractivity contribution in [1.82, 2.24) is 19.9 Å². The minimum Gasteiger partial charge on any atom is -0.364 e. The first-order valence-electron chi connectivity index (χ1n) is 12.2. The van der Waals surface area contributed by atoms with Crippen molar-refractivity contribution in [2.24, 2.45) is 11.7 Å². The molecule has 2 fully saturated rings. The Labute approximate surface area is 198 Å². The van der Waals surface area contributed by atoms with Gasteiger partial charge >= 0.3 is 0 Å². The number of primary amides is 1. The van der Waals surface area contributed by atoms with E-state index < -0.39 is 5.91 Å². The van der Waals surface area contributed by atoms with Gasteiger partial charge in [0.2, 0.25) is 0 Å². The van der Waals surface area contributed by atoms with Crippen LogP contribution in [0.4, 0.5) is 0 Å². The molecule has 0 radical (unpaired) electrons. The number of aromatic nitrogens is 3. The molecule has 7 heteroatoms. The number of nitrogens with two attached hydrogens (primary N) is 1. The van der Waals surface area contributed by atoms with Crippen LogP contribution in [0.1, 0.15) is 77.3 Å². The number of carbonyl (C=O) groups excluding carboxylic acids is 1. The van der Waals surface area contributed by atoms with E-state index in [0.717, 1.165) is 78.7 Å². The molecule has 0 spiro atoms. The molecule has 2 saturated carbocycles. The summed E-state index contributed by atoms with van der Waals surface area (Å²) < 4.78 is 0. The number of nitrogens with one attached hydrogen (secondary N) is 1. The van der Waals surface area contributed by atoms with Gasteiger partial charge in [0.15, 0.2) is 0 Å². The number of aromatic amines is 1. The number of carbonyl (C=O) groups is 1. The van der Waals surface area contributed by atoms with Crippen molar-refractivity contribution in [3.63, 3.8) is 0 Å². The van der Waals surface area contributed by atoms with Gasteiger partial charge in [-0.25, -0.2) is 4.98 Å². The second-order valence-corrected chi connectivity index (χ2v) is 10.1. The Morgan fingerprint density at radius 3 is 2.68 bits per heavy atom. The van der Waals surface area contributed by atoms with Crippen molar-refractivity contribution in [1.29, 1.82) is 0 Å². The zero-order valence-electron chi connectivity index (χ0n) is 19.4. The van der Waals surface area contributed by atoms with Crippen molar-refractivity contribution < 1.29 is 4.79 Å². The molecule has 3 aromatic rings. The molecule has 3 aliphatic rings. The molecule has 3 N–H and O–H groups in total. The van der Waals surface area contributed by atoms with Gasteiger partial charge in [0.1, 0.15) is 5.69 Å². The molecule has 4 heterocycles. The Hall–Kier alpha value is -3.32. The average Bonchev–Trinajstić information content (AvgIpc) is 3.72. The first kappa shape index (κ1) is 21.2. The first-order valence-corrected chi connectivity index (χ1v) is 12.2. The van der Waals surface area contributed by atoms with Gasteiger partial charge in [0.25, 0.3) is 11.5 Å². The summed E-state index contributed by atoms with van der Waals surface area (Å²) in [5.74, 6) is 0.709. The van der Waals surface area contributed by atoms with Gasteiger partial charge in [-0.1, -0.05) is 19.1 Å². The van der Waals surface area contributed by atoms with Crippen LogP contribution in [0.25, 0.3) is 16.6 Å². The summed E-state index contributed by atoms with van der Waals surface area (Å²) in [7, 11) is 0. The molecule has 2 aliphatic carbocycles. The van der Waals surface area contributed by atoms with Gasteiger partial charge in [-0.2, -0.15) is 0 Å². The summed E-state index contributed by atoms with van der Waals surface area (Å²) in [5, 5.41) is 0. The highest BCUT2D eigenvalue weighted by Crippen LogP contribution is 2.44. The lowest BCUT2D eigenvalue weighted by Crippen LogP contribution is -2.33. The van der Waals surface area contributed by atoms with Crippen molar-refractivity contribution in [2.45, 2.75) is 51.0 Å². The molecule has 3 aromatic heterocycles. The topological polar surface area (TPSA) is 105 Å².